The molecule has 11 heteroatoms. The summed E-state index contributed by atoms with van der Waals surface area (Å²) in [6, 6.07) is 3.53. The van der Waals surface area contributed by atoms with E-state index in [4.69, 9.17) is 4.74 Å². The smallest absolute Gasteiger partial charge is 0.408 e. The van der Waals surface area contributed by atoms with Gasteiger partial charge in [-0.25, -0.2) is 13.0 Å². The minimum Gasteiger partial charge on any atom is -0.492 e. The van der Waals surface area contributed by atoms with Gasteiger partial charge in [0, 0.05) is 31.5 Å². The van der Waals surface area contributed by atoms with E-state index in [0.29, 0.717) is 36.8 Å². The van der Waals surface area contributed by atoms with Crippen molar-refractivity contribution in [1.29, 1.82) is 0 Å². The van der Waals surface area contributed by atoms with Crippen molar-refractivity contribution in [3.8, 4) is 5.75 Å². The summed E-state index contributed by atoms with van der Waals surface area (Å²) in [6.07, 6.45) is 0. The molecule has 0 saturated carbocycles. The molecule has 0 radical (unpaired) electrons. The first kappa shape index (κ1) is 23.1. The highest BCUT2D eigenvalue weighted by Gasteiger charge is 2.25. The van der Waals surface area contributed by atoms with Gasteiger partial charge < -0.3 is 15.0 Å². The average Bonchev–Trinajstić information content (AvgIpc) is 3.07. The van der Waals surface area contributed by atoms with E-state index in [0.717, 1.165) is 23.1 Å². The lowest BCUT2D eigenvalue weighted by molar-refractivity contribution is -0.682. The largest absolute Gasteiger partial charge is 0.492 e. The van der Waals surface area contributed by atoms with E-state index in [1.807, 2.05) is 31.1 Å². The standard InChI is InChI=1S/C20H27N5O4S2/c1-5-25-14(3)13-30-20(25)23-22-17-12-19(29-6-2)18(11-16(17)21-15(4)26)24-7-9-31(27,28)10-8-24/h11-13H,5-10H2,1-4H3/p+1. The molecule has 1 amide bonds. The third-order valence-electron chi connectivity index (χ3n) is 4.92. The van der Waals surface area contributed by atoms with Crippen molar-refractivity contribution >= 4 is 49.3 Å². The molecule has 1 aliphatic rings. The third kappa shape index (κ3) is 5.59. The van der Waals surface area contributed by atoms with Gasteiger partial charge in [-0.2, -0.15) is 0 Å². The quantitative estimate of drug-likeness (QED) is 0.498. The Kier molecular flexibility index (Phi) is 7.26. The molecule has 1 fully saturated rings. The number of sulfone groups is 1. The summed E-state index contributed by atoms with van der Waals surface area (Å²) in [5.41, 5.74) is 2.81. The number of benzene rings is 1. The molecule has 3 rings (SSSR count). The molecule has 1 saturated heterocycles. The van der Waals surface area contributed by atoms with Crippen LogP contribution in [0.1, 0.15) is 26.5 Å². The van der Waals surface area contributed by atoms with Crippen molar-refractivity contribution in [2.24, 2.45) is 10.2 Å². The predicted octanol–water partition coefficient (Wildman–Crippen LogP) is 3.37. The van der Waals surface area contributed by atoms with Crippen LogP contribution < -0.4 is 19.5 Å². The van der Waals surface area contributed by atoms with Gasteiger partial charge in [-0.3, -0.25) is 4.79 Å². The molecule has 1 aromatic carbocycles. The number of amides is 1. The second-order valence-electron chi connectivity index (χ2n) is 7.19. The zero-order valence-electron chi connectivity index (χ0n) is 18.2. The van der Waals surface area contributed by atoms with Crippen molar-refractivity contribution in [3.63, 3.8) is 0 Å². The van der Waals surface area contributed by atoms with Crippen LogP contribution in [0.2, 0.25) is 0 Å². The Bertz CT molecular complexity index is 1080. The maximum absolute atomic E-state index is 11.8. The molecule has 9 nitrogen and oxygen atoms in total. The van der Waals surface area contributed by atoms with Crippen LogP contribution >= 0.6 is 11.3 Å². The number of hydrogen-bond acceptors (Lipinski definition) is 8. The molecule has 2 aromatic rings. The molecule has 0 spiro atoms. The number of aryl methyl sites for hydroxylation is 1. The highest BCUT2D eigenvalue weighted by Crippen LogP contribution is 2.40. The second kappa shape index (κ2) is 9.73. The van der Waals surface area contributed by atoms with E-state index in [1.165, 1.54) is 18.3 Å². The van der Waals surface area contributed by atoms with Gasteiger partial charge >= 0.3 is 5.13 Å². The first-order valence-corrected chi connectivity index (χ1v) is 12.9. The van der Waals surface area contributed by atoms with Gasteiger partial charge in [0.05, 0.1) is 41.1 Å². The first-order valence-electron chi connectivity index (χ1n) is 10.2. The van der Waals surface area contributed by atoms with Crippen molar-refractivity contribution in [3.05, 3.63) is 23.2 Å². The van der Waals surface area contributed by atoms with Crippen molar-refractivity contribution in [1.82, 2.24) is 0 Å². The number of thiazole rings is 1. The van der Waals surface area contributed by atoms with Crippen molar-refractivity contribution in [2.75, 3.05) is 41.4 Å². The molecule has 2 heterocycles. The number of azo groups is 1. The van der Waals surface area contributed by atoms with Gasteiger partial charge in [0.1, 0.15) is 17.1 Å². The molecule has 1 N–H and O–H groups in total. The minimum atomic E-state index is -3.02. The van der Waals surface area contributed by atoms with Gasteiger partial charge in [-0.15, -0.1) is 0 Å². The number of aromatic nitrogens is 1. The van der Waals surface area contributed by atoms with E-state index in [9.17, 15) is 13.2 Å². The van der Waals surface area contributed by atoms with Gasteiger partial charge in [0.25, 0.3) is 0 Å². The zero-order valence-corrected chi connectivity index (χ0v) is 19.8. The molecular formula is C20H28N5O4S2+. The maximum Gasteiger partial charge on any atom is 0.408 e. The molecule has 31 heavy (non-hydrogen) atoms. The fraction of sp³-hybridized carbons (Fsp3) is 0.500. The lowest BCUT2D eigenvalue weighted by atomic mass is 10.2. The van der Waals surface area contributed by atoms with Crippen LogP contribution in [0.5, 0.6) is 5.75 Å². The highest BCUT2D eigenvalue weighted by atomic mass is 32.2. The number of anilines is 2. The molecule has 168 valence electrons. The Labute approximate surface area is 186 Å². The van der Waals surface area contributed by atoms with Gasteiger partial charge in [0.2, 0.25) is 5.91 Å². The number of hydrogen-bond donors (Lipinski definition) is 1. The van der Waals surface area contributed by atoms with Gasteiger partial charge in [-0.05, 0) is 43.3 Å². The highest BCUT2D eigenvalue weighted by molar-refractivity contribution is 7.91. The number of rotatable bonds is 7. The Morgan fingerprint density at radius 1 is 1.26 bits per heavy atom. The van der Waals surface area contributed by atoms with Gasteiger partial charge in [-0.1, -0.05) is 0 Å². The molecule has 0 unspecified atom stereocenters. The maximum atomic E-state index is 11.8. The number of ether oxygens (including phenoxy) is 1. The Morgan fingerprint density at radius 2 is 1.97 bits per heavy atom. The lowest BCUT2D eigenvalue weighted by Crippen LogP contribution is -2.40. The average molecular weight is 467 g/mol. The van der Waals surface area contributed by atoms with Crippen LogP contribution in [0.4, 0.5) is 22.2 Å². The van der Waals surface area contributed by atoms with Crippen LogP contribution in [0, 0.1) is 6.92 Å². The molecule has 0 atom stereocenters. The summed E-state index contributed by atoms with van der Waals surface area (Å²) in [5.74, 6) is 0.521. The van der Waals surface area contributed by atoms with E-state index in [2.05, 4.69) is 20.1 Å². The van der Waals surface area contributed by atoms with Crippen LogP contribution in [-0.4, -0.2) is 45.5 Å². The number of carbonyl (C=O) groups is 1. The Morgan fingerprint density at radius 3 is 2.58 bits per heavy atom. The molecule has 1 aromatic heterocycles. The SMILES string of the molecule is CCOc1cc(N=Nc2scc(C)[n+]2CC)c(NC(C)=O)cc1N1CCS(=O)(=O)CC1. The number of nitrogens with zero attached hydrogens (tertiary/aromatic N) is 4. The van der Waals surface area contributed by atoms with E-state index >= 15 is 0 Å². The fourth-order valence-electron chi connectivity index (χ4n) is 3.38. The minimum absolute atomic E-state index is 0.0875. The monoisotopic (exact) mass is 466 g/mol. The van der Waals surface area contributed by atoms with E-state index in [1.54, 1.807) is 12.1 Å². The number of nitrogens with one attached hydrogen (secondary N) is 1. The Balaban J connectivity index is 2.02. The van der Waals surface area contributed by atoms with Crippen molar-refractivity contribution < 1.29 is 22.5 Å². The first-order chi connectivity index (χ1) is 14.7. The summed E-state index contributed by atoms with van der Waals surface area (Å²) < 4.78 is 31.6. The topological polar surface area (TPSA) is 104 Å². The molecular weight excluding hydrogens is 438 g/mol. The Hall–Kier alpha value is -2.53. The van der Waals surface area contributed by atoms with Crippen LogP contribution in [0.15, 0.2) is 27.7 Å². The summed E-state index contributed by atoms with van der Waals surface area (Å²) >= 11 is 1.50. The van der Waals surface area contributed by atoms with E-state index in [-0.39, 0.29) is 17.4 Å². The van der Waals surface area contributed by atoms with Gasteiger partial charge in [0.15, 0.2) is 9.84 Å². The molecule has 0 bridgehead atoms. The number of carbonyl (C=O) groups excluding carboxylic acids is 1. The van der Waals surface area contributed by atoms with Crippen LogP contribution in [0.25, 0.3) is 0 Å². The fourth-order valence-corrected chi connectivity index (χ4v) is 5.47. The third-order valence-corrected chi connectivity index (χ3v) is 7.50. The summed E-state index contributed by atoms with van der Waals surface area (Å²) in [7, 11) is -3.02. The predicted molar refractivity (Wildman–Crippen MR) is 122 cm³/mol. The molecule has 0 aliphatic carbocycles. The lowest BCUT2D eigenvalue weighted by Gasteiger charge is -2.30. The van der Waals surface area contributed by atoms with Crippen molar-refractivity contribution in [2.45, 2.75) is 34.2 Å². The van der Waals surface area contributed by atoms with Crippen LogP contribution in [0.3, 0.4) is 0 Å². The summed E-state index contributed by atoms with van der Waals surface area (Å²) in [5, 5.41) is 14.4. The second-order valence-corrected chi connectivity index (χ2v) is 10.3. The summed E-state index contributed by atoms with van der Waals surface area (Å²) in [4.78, 5) is 13.8. The summed E-state index contributed by atoms with van der Waals surface area (Å²) in [6.45, 7) is 9.33. The van der Waals surface area contributed by atoms with Crippen LogP contribution in [-0.2, 0) is 21.2 Å². The normalized spacial score (nSPS) is 15.9. The zero-order chi connectivity index (χ0) is 22.6. The van der Waals surface area contributed by atoms with E-state index < -0.39 is 9.84 Å². The molecule has 1 aliphatic heterocycles.